The van der Waals surface area contributed by atoms with Crippen molar-refractivity contribution in [2.75, 3.05) is 0 Å². The Kier molecular flexibility index (Phi) is 2.92. The van der Waals surface area contributed by atoms with E-state index in [4.69, 9.17) is 0 Å². The van der Waals surface area contributed by atoms with Crippen LogP contribution in [-0.4, -0.2) is 20.1 Å². The molecule has 0 saturated carbocycles. The molecule has 24 heavy (non-hydrogen) atoms. The molecule has 0 aliphatic carbocycles. The van der Waals surface area contributed by atoms with Crippen LogP contribution in [0.1, 0.15) is 5.56 Å². The van der Waals surface area contributed by atoms with Gasteiger partial charge in [-0.1, -0.05) is 21.7 Å². The van der Waals surface area contributed by atoms with Gasteiger partial charge in [0.2, 0.25) is 0 Å². The number of fused-ring (bicyclic) bond motifs is 3. The fourth-order valence-corrected chi connectivity index (χ4v) is 2.39. The summed E-state index contributed by atoms with van der Waals surface area (Å²) in [6, 6.07) is 11.1. The van der Waals surface area contributed by atoms with E-state index in [0.29, 0.717) is 11.0 Å². The molecule has 9 heteroatoms. The van der Waals surface area contributed by atoms with Gasteiger partial charge in [-0.15, -0.1) is 4.68 Å². The summed E-state index contributed by atoms with van der Waals surface area (Å²) in [4.78, 5) is 0. The lowest BCUT2D eigenvalue weighted by molar-refractivity contribution is -0.558. The molecule has 4 rings (SSSR count). The number of rotatable bonds is 1. The van der Waals surface area contributed by atoms with Crippen molar-refractivity contribution >= 4 is 16.7 Å². The summed E-state index contributed by atoms with van der Waals surface area (Å²) < 4.78 is 40.2. The average Bonchev–Trinajstić information content (AvgIpc) is 2.92. The normalized spacial score (nSPS) is 12.1. The van der Waals surface area contributed by atoms with E-state index in [9.17, 15) is 18.3 Å². The third-order valence-corrected chi connectivity index (χ3v) is 3.56. The van der Waals surface area contributed by atoms with Gasteiger partial charge in [0, 0.05) is 10.3 Å². The van der Waals surface area contributed by atoms with Crippen LogP contribution in [0, 0.1) is 0 Å². The topological polar surface area (TPSA) is 70.8 Å². The molecule has 0 aliphatic heterocycles. The summed E-state index contributed by atoms with van der Waals surface area (Å²) in [7, 11) is 0. The summed E-state index contributed by atoms with van der Waals surface area (Å²) in [5.74, 6) is -0.562. The summed E-state index contributed by atoms with van der Waals surface area (Å²) in [6.07, 6.45) is -4.44. The maximum atomic E-state index is 12.6. The van der Waals surface area contributed by atoms with Crippen LogP contribution in [0.5, 0.6) is 5.88 Å². The number of para-hydroxylation sites is 1. The van der Waals surface area contributed by atoms with Gasteiger partial charge in [0.1, 0.15) is 17.1 Å². The number of halogens is 3. The van der Waals surface area contributed by atoms with Crippen molar-refractivity contribution in [3.8, 4) is 11.6 Å². The summed E-state index contributed by atoms with van der Waals surface area (Å²) >= 11 is 0. The van der Waals surface area contributed by atoms with E-state index >= 15 is 0 Å². The van der Waals surface area contributed by atoms with Gasteiger partial charge in [-0.05, 0) is 36.4 Å². The molecule has 4 aromatic rings. The summed E-state index contributed by atoms with van der Waals surface area (Å²) in [6.45, 7) is 0. The molecule has 0 atom stereocenters. The Labute approximate surface area is 132 Å². The summed E-state index contributed by atoms with van der Waals surface area (Å²) in [5, 5.41) is 24.3. The van der Waals surface area contributed by atoms with Crippen molar-refractivity contribution in [2.24, 2.45) is 0 Å². The van der Waals surface area contributed by atoms with Crippen LogP contribution in [0.4, 0.5) is 13.2 Å². The van der Waals surface area contributed by atoms with Gasteiger partial charge in [0.05, 0.1) is 5.56 Å². The number of benzene rings is 2. The molecule has 6 nitrogen and oxygen atoms in total. The fraction of sp³-hybridized carbons (Fsp3) is 0.0667. The minimum atomic E-state index is -4.44. The maximum Gasteiger partial charge on any atom is 0.416 e. The van der Waals surface area contributed by atoms with E-state index in [1.807, 2.05) is 0 Å². The molecular formula is C15H8F3N5O. The molecule has 0 fully saturated rings. The highest BCUT2D eigenvalue weighted by molar-refractivity contribution is 5.71. The van der Waals surface area contributed by atoms with Crippen molar-refractivity contribution < 1.29 is 22.8 Å². The van der Waals surface area contributed by atoms with Gasteiger partial charge < -0.3 is 5.11 Å². The molecule has 0 saturated heterocycles. The zero-order chi connectivity index (χ0) is 16.9. The van der Waals surface area contributed by atoms with Gasteiger partial charge in [-0.2, -0.15) is 13.2 Å². The Bertz CT molecular complexity index is 1060. The first-order valence-electron chi connectivity index (χ1n) is 6.86. The quantitative estimate of drug-likeness (QED) is 0.497. The Hall–Kier alpha value is -3.23. The smallest absolute Gasteiger partial charge is 0.416 e. The monoisotopic (exact) mass is 331 g/mol. The lowest BCUT2D eigenvalue weighted by Gasteiger charge is -2.07. The third-order valence-electron chi connectivity index (χ3n) is 3.56. The first-order valence-corrected chi connectivity index (χ1v) is 6.86. The Morgan fingerprint density at radius 3 is 2.38 bits per heavy atom. The Morgan fingerprint density at radius 1 is 0.958 bits per heavy atom. The second-order valence-corrected chi connectivity index (χ2v) is 5.08. The summed E-state index contributed by atoms with van der Waals surface area (Å²) in [5.41, 5.74) is 0.529. The van der Waals surface area contributed by atoms with Gasteiger partial charge in [0.25, 0.3) is 0 Å². The van der Waals surface area contributed by atoms with Crippen LogP contribution < -0.4 is 9.62 Å². The molecule has 0 amide bonds. The number of hydrogen-bond acceptors (Lipinski definition) is 4. The van der Waals surface area contributed by atoms with E-state index < -0.39 is 17.6 Å². The second kappa shape index (κ2) is 4.88. The molecule has 0 spiro atoms. The second-order valence-electron chi connectivity index (χ2n) is 5.08. The Morgan fingerprint density at radius 2 is 1.67 bits per heavy atom. The highest BCUT2D eigenvalue weighted by atomic mass is 19.4. The molecule has 0 unspecified atom stereocenters. The minimum Gasteiger partial charge on any atom is -0.842 e. The van der Waals surface area contributed by atoms with Crippen LogP contribution in [0.25, 0.3) is 22.4 Å². The predicted molar refractivity (Wildman–Crippen MR) is 74.3 cm³/mol. The van der Waals surface area contributed by atoms with Crippen molar-refractivity contribution in [3.05, 3.63) is 54.1 Å². The van der Waals surface area contributed by atoms with Gasteiger partial charge in [0.15, 0.2) is 5.52 Å². The number of hydrogen-bond donors (Lipinski definition) is 0. The standard InChI is InChI=1S/C15H8F3N5O/c16-15(17,18)9-5-7-10(8-6-9)22-14(24)13-20-19-11-3-1-2-4-12(11)23(13)21-22/h1-8H. The molecular weight excluding hydrogens is 323 g/mol. The van der Waals surface area contributed by atoms with E-state index in [0.717, 1.165) is 16.8 Å². The SMILES string of the molecule is [O-]c1c2nnc3ccccc3[n+]2nn1-c1ccc(C(F)(F)F)cc1. The molecule has 2 aromatic carbocycles. The van der Waals surface area contributed by atoms with Crippen molar-refractivity contribution in [2.45, 2.75) is 6.18 Å². The maximum absolute atomic E-state index is 12.6. The van der Waals surface area contributed by atoms with E-state index in [1.54, 1.807) is 24.3 Å². The highest BCUT2D eigenvalue weighted by Crippen LogP contribution is 2.30. The highest BCUT2D eigenvalue weighted by Gasteiger charge is 2.30. The molecule has 0 aliphatic rings. The predicted octanol–water partition coefficient (Wildman–Crippen LogP) is 1.65. The first-order chi connectivity index (χ1) is 11.4. The van der Waals surface area contributed by atoms with E-state index in [2.05, 4.69) is 15.4 Å². The molecule has 2 aromatic heterocycles. The molecule has 0 radical (unpaired) electrons. The zero-order valence-corrected chi connectivity index (χ0v) is 11.9. The van der Waals surface area contributed by atoms with E-state index in [-0.39, 0.29) is 11.3 Å². The lowest BCUT2D eigenvalue weighted by atomic mass is 10.2. The minimum absolute atomic E-state index is 0.00593. The van der Waals surface area contributed by atoms with Crippen LogP contribution in [0.15, 0.2) is 48.5 Å². The van der Waals surface area contributed by atoms with Crippen LogP contribution in [0.2, 0.25) is 0 Å². The van der Waals surface area contributed by atoms with Crippen LogP contribution in [0.3, 0.4) is 0 Å². The largest absolute Gasteiger partial charge is 0.842 e. The first kappa shape index (κ1) is 14.4. The zero-order valence-electron chi connectivity index (χ0n) is 11.9. The van der Waals surface area contributed by atoms with E-state index in [1.165, 1.54) is 16.6 Å². The van der Waals surface area contributed by atoms with Gasteiger partial charge >= 0.3 is 11.8 Å². The van der Waals surface area contributed by atoms with Crippen molar-refractivity contribution in [1.29, 1.82) is 0 Å². The van der Waals surface area contributed by atoms with Crippen molar-refractivity contribution in [1.82, 2.24) is 20.1 Å². The lowest BCUT2D eigenvalue weighted by Crippen LogP contribution is -2.27. The number of nitrogens with zero attached hydrogens (tertiary/aromatic N) is 5. The number of alkyl halides is 3. The molecule has 0 bridgehead atoms. The molecule has 120 valence electrons. The molecule has 2 heterocycles. The third kappa shape index (κ3) is 2.13. The van der Waals surface area contributed by atoms with Crippen LogP contribution >= 0.6 is 0 Å². The Balaban J connectivity index is 1.91. The van der Waals surface area contributed by atoms with Crippen molar-refractivity contribution in [3.63, 3.8) is 0 Å². The van der Waals surface area contributed by atoms with Gasteiger partial charge in [-0.25, -0.2) is 0 Å². The molecule has 0 N–H and O–H groups in total. The number of aromatic nitrogens is 5. The fourth-order valence-electron chi connectivity index (χ4n) is 2.39. The van der Waals surface area contributed by atoms with Crippen LogP contribution in [-0.2, 0) is 6.18 Å². The average molecular weight is 331 g/mol. The van der Waals surface area contributed by atoms with Gasteiger partial charge in [-0.3, -0.25) is 0 Å².